The summed E-state index contributed by atoms with van der Waals surface area (Å²) in [4.78, 5) is 10.9. The molecule has 1 nitrogen and oxygen atoms in total. The molecule has 0 spiro atoms. The lowest BCUT2D eigenvalue weighted by Gasteiger charge is -2.03. The zero-order valence-electron chi connectivity index (χ0n) is 7.85. The van der Waals surface area contributed by atoms with E-state index in [1.807, 2.05) is 19.1 Å². The quantitative estimate of drug-likeness (QED) is 0.652. The number of Topliss-reactive ketones (excluding diaryl/α,β-unsaturated/α-hetero) is 1. The molecule has 1 aromatic carbocycles. The Morgan fingerprint density at radius 3 is 2.50 bits per heavy atom. The highest BCUT2D eigenvalue weighted by Crippen LogP contribution is 2.11. The molecule has 0 aliphatic rings. The molecule has 1 rings (SSSR count). The first-order valence-electron chi connectivity index (χ1n) is 4.15. The molecule has 0 fully saturated rings. The number of ketones is 1. The van der Waals surface area contributed by atoms with Crippen molar-refractivity contribution in [2.75, 3.05) is 0 Å². The van der Waals surface area contributed by atoms with E-state index in [-0.39, 0.29) is 5.78 Å². The summed E-state index contributed by atoms with van der Waals surface area (Å²) >= 11 is 0. The molecule has 0 bridgehead atoms. The highest BCUT2D eigenvalue weighted by molar-refractivity contribution is 5.78. The SMILES string of the molecule is CC(=O)Cc1ccc(C)cc1C. The molecular formula is C11H14O. The zero-order valence-corrected chi connectivity index (χ0v) is 7.85. The van der Waals surface area contributed by atoms with Crippen LogP contribution in [-0.2, 0) is 11.2 Å². The highest BCUT2D eigenvalue weighted by atomic mass is 16.1. The molecule has 0 atom stereocenters. The van der Waals surface area contributed by atoms with Crippen molar-refractivity contribution >= 4 is 5.78 Å². The average molecular weight is 162 g/mol. The number of carbonyl (C=O) groups is 1. The van der Waals surface area contributed by atoms with E-state index in [1.54, 1.807) is 6.92 Å². The largest absolute Gasteiger partial charge is 0.300 e. The maximum Gasteiger partial charge on any atom is 0.134 e. The van der Waals surface area contributed by atoms with Gasteiger partial charge in [-0.2, -0.15) is 0 Å². The molecule has 0 radical (unpaired) electrons. The van der Waals surface area contributed by atoms with Crippen LogP contribution in [0.3, 0.4) is 0 Å². The lowest BCUT2D eigenvalue weighted by atomic mass is 10.0. The van der Waals surface area contributed by atoms with Crippen LogP contribution in [0.2, 0.25) is 0 Å². The summed E-state index contributed by atoms with van der Waals surface area (Å²) in [5, 5.41) is 0. The molecule has 0 heterocycles. The molecule has 0 amide bonds. The Kier molecular flexibility index (Phi) is 2.64. The Hall–Kier alpha value is -1.11. The van der Waals surface area contributed by atoms with Gasteiger partial charge in [-0.1, -0.05) is 23.8 Å². The van der Waals surface area contributed by atoms with Gasteiger partial charge in [-0.25, -0.2) is 0 Å². The van der Waals surface area contributed by atoms with Gasteiger partial charge >= 0.3 is 0 Å². The van der Waals surface area contributed by atoms with Crippen molar-refractivity contribution in [2.24, 2.45) is 0 Å². The van der Waals surface area contributed by atoms with Crippen molar-refractivity contribution in [1.29, 1.82) is 0 Å². The minimum absolute atomic E-state index is 0.224. The Bertz CT molecular complexity index is 300. The smallest absolute Gasteiger partial charge is 0.134 e. The number of hydrogen-bond acceptors (Lipinski definition) is 1. The van der Waals surface area contributed by atoms with Crippen LogP contribution < -0.4 is 0 Å². The van der Waals surface area contributed by atoms with Gasteiger partial charge in [0.2, 0.25) is 0 Å². The van der Waals surface area contributed by atoms with Gasteiger partial charge in [0.25, 0.3) is 0 Å². The third kappa shape index (κ3) is 2.19. The number of hydrogen-bond donors (Lipinski definition) is 0. The van der Waals surface area contributed by atoms with Crippen molar-refractivity contribution in [2.45, 2.75) is 27.2 Å². The monoisotopic (exact) mass is 162 g/mol. The van der Waals surface area contributed by atoms with Gasteiger partial charge in [0.1, 0.15) is 5.78 Å². The molecule has 0 aliphatic heterocycles. The van der Waals surface area contributed by atoms with E-state index in [1.165, 1.54) is 11.1 Å². The van der Waals surface area contributed by atoms with E-state index in [9.17, 15) is 4.79 Å². The van der Waals surface area contributed by atoms with Gasteiger partial charge in [0.05, 0.1) is 0 Å². The first kappa shape index (κ1) is 8.98. The first-order chi connectivity index (χ1) is 5.59. The standard InChI is InChI=1S/C11H14O/c1-8-4-5-11(7-10(3)12)9(2)6-8/h4-6H,7H2,1-3H3. The molecular weight excluding hydrogens is 148 g/mol. The second-order valence-corrected chi connectivity index (χ2v) is 3.31. The van der Waals surface area contributed by atoms with Crippen LogP contribution in [0.25, 0.3) is 0 Å². The average Bonchev–Trinajstić information content (AvgIpc) is 1.94. The minimum atomic E-state index is 0.224. The van der Waals surface area contributed by atoms with Crippen LogP contribution in [0, 0.1) is 13.8 Å². The van der Waals surface area contributed by atoms with Crippen LogP contribution in [0.4, 0.5) is 0 Å². The van der Waals surface area contributed by atoms with Crippen molar-refractivity contribution < 1.29 is 4.79 Å². The van der Waals surface area contributed by atoms with Gasteiger partial charge in [-0.05, 0) is 31.9 Å². The number of benzene rings is 1. The third-order valence-electron chi connectivity index (χ3n) is 1.94. The van der Waals surface area contributed by atoms with Crippen molar-refractivity contribution in [1.82, 2.24) is 0 Å². The number of carbonyl (C=O) groups excluding carboxylic acids is 1. The van der Waals surface area contributed by atoms with E-state index in [4.69, 9.17) is 0 Å². The van der Waals surface area contributed by atoms with Crippen LogP contribution in [0.5, 0.6) is 0 Å². The summed E-state index contributed by atoms with van der Waals surface area (Å²) < 4.78 is 0. The van der Waals surface area contributed by atoms with Gasteiger partial charge in [-0.15, -0.1) is 0 Å². The topological polar surface area (TPSA) is 17.1 Å². The van der Waals surface area contributed by atoms with E-state index in [2.05, 4.69) is 13.0 Å². The normalized spacial score (nSPS) is 9.92. The minimum Gasteiger partial charge on any atom is -0.300 e. The lowest BCUT2D eigenvalue weighted by Crippen LogP contribution is -1.98. The summed E-state index contributed by atoms with van der Waals surface area (Å²) in [7, 11) is 0. The maximum absolute atomic E-state index is 10.9. The van der Waals surface area contributed by atoms with Gasteiger partial charge in [0.15, 0.2) is 0 Å². The summed E-state index contributed by atoms with van der Waals surface area (Å²) in [6.07, 6.45) is 0.562. The fourth-order valence-electron chi connectivity index (χ4n) is 1.31. The van der Waals surface area contributed by atoms with Gasteiger partial charge in [0, 0.05) is 6.42 Å². The van der Waals surface area contributed by atoms with Crippen LogP contribution in [-0.4, -0.2) is 5.78 Å². The molecule has 1 aromatic rings. The second-order valence-electron chi connectivity index (χ2n) is 3.31. The molecule has 0 saturated carbocycles. The fourth-order valence-corrected chi connectivity index (χ4v) is 1.31. The van der Waals surface area contributed by atoms with Crippen LogP contribution in [0.1, 0.15) is 23.6 Å². The third-order valence-corrected chi connectivity index (χ3v) is 1.94. The number of aryl methyl sites for hydroxylation is 2. The Morgan fingerprint density at radius 2 is 2.00 bits per heavy atom. The molecule has 0 unspecified atom stereocenters. The summed E-state index contributed by atoms with van der Waals surface area (Å²) in [5.74, 6) is 0.224. The molecule has 0 aromatic heterocycles. The van der Waals surface area contributed by atoms with Crippen LogP contribution in [0.15, 0.2) is 18.2 Å². The Labute approximate surface area is 73.4 Å². The maximum atomic E-state index is 10.9. The lowest BCUT2D eigenvalue weighted by molar-refractivity contribution is -0.116. The van der Waals surface area contributed by atoms with Crippen molar-refractivity contribution in [3.8, 4) is 0 Å². The van der Waals surface area contributed by atoms with E-state index >= 15 is 0 Å². The molecule has 64 valence electrons. The number of rotatable bonds is 2. The molecule has 0 aliphatic carbocycles. The van der Waals surface area contributed by atoms with E-state index in [0.717, 1.165) is 5.56 Å². The van der Waals surface area contributed by atoms with E-state index < -0.39 is 0 Å². The highest BCUT2D eigenvalue weighted by Gasteiger charge is 2.00. The summed E-state index contributed by atoms with van der Waals surface area (Å²) in [6.45, 7) is 5.73. The first-order valence-corrected chi connectivity index (χ1v) is 4.15. The van der Waals surface area contributed by atoms with Crippen LogP contribution >= 0.6 is 0 Å². The zero-order chi connectivity index (χ0) is 9.14. The van der Waals surface area contributed by atoms with Crippen molar-refractivity contribution in [3.05, 3.63) is 34.9 Å². The predicted molar refractivity (Wildman–Crippen MR) is 50.3 cm³/mol. The van der Waals surface area contributed by atoms with Gasteiger partial charge in [-0.3, -0.25) is 4.79 Å². The molecule has 12 heavy (non-hydrogen) atoms. The Morgan fingerprint density at radius 1 is 1.33 bits per heavy atom. The molecule has 0 saturated heterocycles. The Balaban J connectivity index is 2.93. The molecule has 0 N–H and O–H groups in total. The summed E-state index contributed by atoms with van der Waals surface area (Å²) in [5.41, 5.74) is 3.61. The fraction of sp³-hybridized carbons (Fsp3) is 0.364. The second kappa shape index (κ2) is 3.53. The summed E-state index contributed by atoms with van der Waals surface area (Å²) in [6, 6.07) is 6.19. The van der Waals surface area contributed by atoms with E-state index in [0.29, 0.717) is 6.42 Å². The predicted octanol–water partition coefficient (Wildman–Crippen LogP) is 2.43. The molecule has 1 heteroatoms. The van der Waals surface area contributed by atoms with Crippen molar-refractivity contribution in [3.63, 3.8) is 0 Å². The van der Waals surface area contributed by atoms with Gasteiger partial charge < -0.3 is 0 Å².